The second-order valence-electron chi connectivity index (χ2n) is 9.30. The smallest absolute Gasteiger partial charge is 0.141 e. The van der Waals surface area contributed by atoms with E-state index in [1.807, 2.05) is 0 Å². The molecular formula is C24H53ClN2. The van der Waals surface area contributed by atoms with Gasteiger partial charge in [0.15, 0.2) is 0 Å². The Kier molecular flexibility index (Phi) is 22.8. The van der Waals surface area contributed by atoms with Crippen LogP contribution in [0.3, 0.4) is 0 Å². The zero-order valence-electron chi connectivity index (χ0n) is 19.6. The van der Waals surface area contributed by atoms with Crippen molar-refractivity contribution >= 4 is 0 Å². The van der Waals surface area contributed by atoms with Gasteiger partial charge in [-0.05, 0) is 6.42 Å². The van der Waals surface area contributed by atoms with Crippen molar-refractivity contribution in [2.24, 2.45) is 0 Å². The van der Waals surface area contributed by atoms with Crippen molar-refractivity contribution in [2.45, 2.75) is 129 Å². The summed E-state index contributed by atoms with van der Waals surface area (Å²) >= 11 is 0. The number of rotatable bonds is 20. The molecule has 0 aliphatic heterocycles. The van der Waals surface area contributed by atoms with E-state index in [-0.39, 0.29) is 12.4 Å². The topological polar surface area (TPSA) is 12.0 Å². The van der Waals surface area contributed by atoms with Crippen LogP contribution in [-0.2, 0) is 0 Å². The highest BCUT2D eigenvalue weighted by molar-refractivity contribution is 4.55. The summed E-state index contributed by atoms with van der Waals surface area (Å²) < 4.78 is 1.02. The van der Waals surface area contributed by atoms with Crippen LogP contribution in [0.4, 0.5) is 0 Å². The van der Waals surface area contributed by atoms with Crippen LogP contribution in [0.5, 0.6) is 0 Å². The van der Waals surface area contributed by atoms with Crippen LogP contribution in [0.15, 0.2) is 0 Å². The zero-order valence-corrected chi connectivity index (χ0v) is 20.4. The molecule has 166 valence electrons. The molecule has 1 atom stereocenters. The van der Waals surface area contributed by atoms with Crippen LogP contribution in [0, 0.1) is 0 Å². The largest absolute Gasteiger partial charge is 1.00 e. The van der Waals surface area contributed by atoms with E-state index in [1.54, 1.807) is 0 Å². The lowest BCUT2D eigenvalue weighted by molar-refractivity contribution is -0.899. The average molecular weight is 405 g/mol. The van der Waals surface area contributed by atoms with Crippen molar-refractivity contribution < 1.29 is 16.9 Å². The highest BCUT2D eigenvalue weighted by Gasteiger charge is 2.19. The number of hydrogen-bond donors (Lipinski definition) is 1. The quantitative estimate of drug-likeness (QED) is 0.181. The molecule has 3 heteroatoms. The molecule has 0 aromatic rings. The van der Waals surface area contributed by atoms with E-state index in [2.05, 4.69) is 40.3 Å². The van der Waals surface area contributed by atoms with E-state index >= 15 is 0 Å². The molecule has 0 spiro atoms. The Balaban J connectivity index is 0. The minimum atomic E-state index is 0. The van der Waals surface area contributed by atoms with E-state index in [4.69, 9.17) is 0 Å². The molecule has 0 aromatic heterocycles. The second kappa shape index (κ2) is 20.9. The lowest BCUT2D eigenvalue weighted by Crippen LogP contribution is -3.00. The summed E-state index contributed by atoms with van der Waals surface area (Å²) in [6.45, 7) is 5.77. The van der Waals surface area contributed by atoms with E-state index < -0.39 is 0 Å². The van der Waals surface area contributed by atoms with Gasteiger partial charge >= 0.3 is 0 Å². The maximum absolute atomic E-state index is 3.73. The highest BCUT2D eigenvalue weighted by atomic mass is 35.5. The van der Waals surface area contributed by atoms with Crippen LogP contribution < -0.4 is 17.7 Å². The summed E-state index contributed by atoms with van der Waals surface area (Å²) in [7, 11) is 6.86. The standard InChI is InChI=1S/C24H53N2.ClH/c1-6-8-9-10-11-12-13-14-15-16-17-18-19-20-21-22-23-25-24(7-2)26(3,4)5;/h24-25H,6-23H2,1-5H3;1H/q+1;/p-1. The molecule has 1 unspecified atom stereocenters. The Morgan fingerprint density at radius 1 is 0.556 bits per heavy atom. The molecule has 1 N–H and O–H groups in total. The second-order valence-corrected chi connectivity index (χ2v) is 9.30. The van der Waals surface area contributed by atoms with E-state index in [0.29, 0.717) is 6.17 Å². The van der Waals surface area contributed by atoms with E-state index in [0.717, 1.165) is 4.48 Å². The fraction of sp³-hybridized carbons (Fsp3) is 1.00. The van der Waals surface area contributed by atoms with Gasteiger partial charge in [-0.3, -0.25) is 5.32 Å². The van der Waals surface area contributed by atoms with Crippen molar-refractivity contribution in [3.8, 4) is 0 Å². The fourth-order valence-electron chi connectivity index (χ4n) is 3.91. The summed E-state index contributed by atoms with van der Waals surface area (Å²) in [5, 5.41) is 3.73. The van der Waals surface area contributed by atoms with Gasteiger partial charge in [0.05, 0.1) is 21.1 Å². The summed E-state index contributed by atoms with van der Waals surface area (Å²) in [6.07, 6.45) is 24.9. The third-order valence-corrected chi connectivity index (χ3v) is 5.73. The lowest BCUT2D eigenvalue weighted by Gasteiger charge is -2.34. The van der Waals surface area contributed by atoms with Gasteiger partial charge in [-0.15, -0.1) is 0 Å². The third kappa shape index (κ3) is 20.7. The van der Waals surface area contributed by atoms with E-state index in [1.165, 1.54) is 116 Å². The van der Waals surface area contributed by atoms with Gasteiger partial charge in [0.1, 0.15) is 6.17 Å². The summed E-state index contributed by atoms with van der Waals surface area (Å²) in [5.74, 6) is 0. The van der Waals surface area contributed by atoms with Crippen molar-refractivity contribution in [2.75, 3.05) is 27.7 Å². The van der Waals surface area contributed by atoms with Gasteiger partial charge in [-0.1, -0.05) is 110 Å². The first-order chi connectivity index (χ1) is 12.5. The molecule has 0 heterocycles. The maximum Gasteiger partial charge on any atom is 0.141 e. The molecule has 0 aliphatic rings. The van der Waals surface area contributed by atoms with Crippen LogP contribution in [0.25, 0.3) is 0 Å². The normalized spacial score (nSPS) is 12.8. The molecule has 0 amide bonds. The van der Waals surface area contributed by atoms with Crippen molar-refractivity contribution in [3.05, 3.63) is 0 Å². The zero-order chi connectivity index (χ0) is 19.5. The highest BCUT2D eigenvalue weighted by Crippen LogP contribution is 2.13. The molecule has 0 rings (SSSR count). The van der Waals surface area contributed by atoms with Gasteiger partial charge in [0.25, 0.3) is 0 Å². The Hall–Kier alpha value is 0.210. The summed E-state index contributed by atoms with van der Waals surface area (Å²) in [4.78, 5) is 0. The Bertz CT molecular complexity index is 276. The first-order valence-electron chi connectivity index (χ1n) is 12.1. The molecular weight excluding hydrogens is 352 g/mol. The predicted molar refractivity (Wildman–Crippen MR) is 120 cm³/mol. The van der Waals surface area contributed by atoms with Gasteiger partial charge in [0, 0.05) is 13.0 Å². The number of nitrogens with one attached hydrogen (secondary N) is 1. The minimum Gasteiger partial charge on any atom is -1.00 e. The maximum atomic E-state index is 3.73. The molecule has 0 aliphatic carbocycles. The third-order valence-electron chi connectivity index (χ3n) is 5.73. The van der Waals surface area contributed by atoms with Crippen molar-refractivity contribution in [1.29, 1.82) is 0 Å². The molecule has 0 radical (unpaired) electrons. The van der Waals surface area contributed by atoms with Gasteiger partial charge < -0.3 is 16.9 Å². The fourth-order valence-corrected chi connectivity index (χ4v) is 3.91. The number of unbranched alkanes of at least 4 members (excludes halogenated alkanes) is 15. The van der Waals surface area contributed by atoms with Crippen LogP contribution in [-0.4, -0.2) is 38.3 Å². The summed E-state index contributed by atoms with van der Waals surface area (Å²) in [6, 6.07) is 0. The monoisotopic (exact) mass is 404 g/mol. The summed E-state index contributed by atoms with van der Waals surface area (Å²) in [5.41, 5.74) is 0. The van der Waals surface area contributed by atoms with Crippen LogP contribution >= 0.6 is 0 Å². The number of quaternary nitrogens is 1. The Morgan fingerprint density at radius 2 is 0.889 bits per heavy atom. The molecule has 27 heavy (non-hydrogen) atoms. The van der Waals surface area contributed by atoms with Gasteiger partial charge in [-0.25, -0.2) is 0 Å². The lowest BCUT2D eigenvalue weighted by atomic mass is 10.0. The number of nitrogens with zero attached hydrogens (tertiary/aromatic N) is 1. The Labute approximate surface area is 179 Å². The first kappa shape index (κ1) is 29.4. The van der Waals surface area contributed by atoms with Crippen molar-refractivity contribution in [3.63, 3.8) is 0 Å². The Morgan fingerprint density at radius 3 is 1.19 bits per heavy atom. The SMILES string of the molecule is CCCCCCCCCCCCCCCCCCNC(CC)[N+](C)(C)C.[Cl-]. The minimum absolute atomic E-state index is 0. The van der Waals surface area contributed by atoms with Crippen LogP contribution in [0.2, 0.25) is 0 Å². The molecule has 0 aromatic carbocycles. The molecule has 0 bridgehead atoms. The van der Waals surface area contributed by atoms with Gasteiger partial charge in [-0.2, -0.15) is 0 Å². The number of hydrogen-bond acceptors (Lipinski definition) is 1. The molecule has 0 saturated carbocycles. The first-order valence-corrected chi connectivity index (χ1v) is 12.1. The van der Waals surface area contributed by atoms with Gasteiger partial charge in [0.2, 0.25) is 0 Å². The molecule has 0 saturated heterocycles. The van der Waals surface area contributed by atoms with E-state index in [9.17, 15) is 0 Å². The average Bonchev–Trinajstić information content (AvgIpc) is 2.59. The molecule has 0 fully saturated rings. The van der Waals surface area contributed by atoms with Crippen molar-refractivity contribution in [1.82, 2.24) is 5.32 Å². The van der Waals surface area contributed by atoms with Crippen LogP contribution in [0.1, 0.15) is 123 Å². The number of halogens is 1. The molecule has 2 nitrogen and oxygen atoms in total. The predicted octanol–water partition coefficient (Wildman–Crippen LogP) is 4.28.